The number of aromatic nitrogens is 1. The van der Waals surface area contributed by atoms with Crippen LogP contribution < -0.4 is 9.46 Å². The van der Waals surface area contributed by atoms with Gasteiger partial charge in [0.2, 0.25) is 0 Å². The zero-order chi connectivity index (χ0) is 22.3. The third-order valence-electron chi connectivity index (χ3n) is 6.58. The molecule has 5 rings (SSSR count). The first-order valence-electron chi connectivity index (χ1n) is 11.3. The van der Waals surface area contributed by atoms with Crippen LogP contribution in [0.4, 0.5) is 0 Å². The number of hydrogen-bond donors (Lipinski definition) is 1. The Labute approximate surface area is 189 Å². The Kier molecular flexibility index (Phi) is 5.49. The van der Waals surface area contributed by atoms with Crippen LogP contribution in [0.5, 0.6) is 5.75 Å². The van der Waals surface area contributed by atoms with Crippen molar-refractivity contribution in [1.82, 2.24) is 9.29 Å². The molecule has 1 aliphatic heterocycles. The van der Waals surface area contributed by atoms with Gasteiger partial charge in [-0.1, -0.05) is 37.5 Å². The Balaban J connectivity index is 1.76. The van der Waals surface area contributed by atoms with Gasteiger partial charge < -0.3 is 9.30 Å². The predicted molar refractivity (Wildman–Crippen MR) is 128 cm³/mol. The van der Waals surface area contributed by atoms with Crippen LogP contribution in [0.25, 0.3) is 22.2 Å². The number of nitrogens with one attached hydrogen (secondary N) is 1. The van der Waals surface area contributed by atoms with Crippen molar-refractivity contribution in [1.29, 1.82) is 0 Å². The number of fused-ring (bicyclic) bond motifs is 5. The molecule has 1 aromatic heterocycles. The van der Waals surface area contributed by atoms with Gasteiger partial charge in [0.15, 0.2) is 9.87 Å². The van der Waals surface area contributed by atoms with E-state index in [2.05, 4.69) is 15.4 Å². The molecular formula is C24H27BN2O4S. The normalized spacial score (nSPS) is 17.0. The highest BCUT2D eigenvalue weighted by atomic mass is 32.2. The van der Waals surface area contributed by atoms with E-state index in [1.807, 2.05) is 30.3 Å². The van der Waals surface area contributed by atoms with E-state index in [0.717, 1.165) is 55.1 Å². The lowest BCUT2D eigenvalue weighted by Crippen LogP contribution is -2.30. The maximum absolute atomic E-state index is 12.6. The van der Waals surface area contributed by atoms with Gasteiger partial charge in [-0.15, -0.1) is 0 Å². The topological polar surface area (TPSA) is 77.4 Å². The van der Waals surface area contributed by atoms with Gasteiger partial charge in [-0.25, -0.2) is 8.42 Å². The minimum absolute atomic E-state index is 0.352. The van der Waals surface area contributed by atoms with Gasteiger partial charge in [-0.2, -0.15) is 0 Å². The molecular weight excluding hydrogens is 423 g/mol. The van der Waals surface area contributed by atoms with Crippen LogP contribution in [0.2, 0.25) is 0 Å². The summed E-state index contributed by atoms with van der Waals surface area (Å²) >= 11 is 0. The van der Waals surface area contributed by atoms with Crippen molar-refractivity contribution in [2.45, 2.75) is 51.0 Å². The zero-order valence-corrected chi connectivity index (χ0v) is 19.1. The molecule has 0 bridgehead atoms. The lowest BCUT2D eigenvalue weighted by molar-refractivity contribution is 0.0982. The fraction of sp³-hybridized carbons (Fsp3) is 0.375. The predicted octanol–water partition coefficient (Wildman–Crippen LogP) is 3.75. The Bertz CT molecular complexity index is 1290. The average Bonchev–Trinajstić information content (AvgIpc) is 3.07. The molecule has 1 aliphatic carbocycles. The van der Waals surface area contributed by atoms with Gasteiger partial charge in [0.05, 0.1) is 12.3 Å². The fourth-order valence-electron chi connectivity index (χ4n) is 5.26. The van der Waals surface area contributed by atoms with Crippen LogP contribution in [0.15, 0.2) is 42.5 Å². The maximum atomic E-state index is 12.6. The monoisotopic (exact) mass is 450 g/mol. The maximum Gasteiger partial charge on any atom is 0.283 e. The number of hydrogen-bond acceptors (Lipinski definition) is 4. The highest BCUT2D eigenvalue weighted by Crippen LogP contribution is 2.46. The molecule has 1 saturated carbocycles. The molecule has 32 heavy (non-hydrogen) atoms. The van der Waals surface area contributed by atoms with Crippen molar-refractivity contribution >= 4 is 33.8 Å². The lowest BCUT2D eigenvalue weighted by Gasteiger charge is -2.25. The van der Waals surface area contributed by atoms with Gasteiger partial charge in [0, 0.05) is 28.6 Å². The number of aryl methyl sites for hydroxylation is 1. The van der Waals surface area contributed by atoms with Crippen LogP contribution >= 0.6 is 0 Å². The second-order valence-electron chi connectivity index (χ2n) is 8.88. The second-order valence-corrected chi connectivity index (χ2v) is 10.6. The molecule has 0 spiro atoms. The van der Waals surface area contributed by atoms with Crippen LogP contribution in [-0.2, 0) is 16.4 Å². The molecule has 1 fully saturated rings. The molecule has 2 heterocycles. The number of rotatable bonds is 3. The van der Waals surface area contributed by atoms with E-state index in [1.165, 1.54) is 30.5 Å². The number of carbonyl (C=O) groups is 1. The minimum atomic E-state index is -3.63. The summed E-state index contributed by atoms with van der Waals surface area (Å²) in [5.41, 5.74) is 4.95. The van der Waals surface area contributed by atoms with Crippen molar-refractivity contribution in [2.24, 2.45) is 0 Å². The van der Waals surface area contributed by atoms with Gasteiger partial charge in [-0.3, -0.25) is 9.52 Å². The number of carbonyl (C=O) groups excluding carboxylic acids is 1. The van der Waals surface area contributed by atoms with Gasteiger partial charge >= 0.3 is 0 Å². The third-order valence-corrected chi connectivity index (χ3v) is 7.14. The first-order valence-corrected chi connectivity index (χ1v) is 13.2. The van der Waals surface area contributed by atoms with Crippen molar-refractivity contribution in [3.8, 4) is 17.0 Å². The Hall–Kier alpha value is -2.74. The molecule has 1 amide bonds. The van der Waals surface area contributed by atoms with Crippen molar-refractivity contribution in [3.05, 3.63) is 53.6 Å². The molecule has 0 radical (unpaired) electrons. The highest BCUT2D eigenvalue weighted by molar-refractivity contribution is 8.11. The second kappa shape index (κ2) is 8.32. The average molecular weight is 450 g/mol. The van der Waals surface area contributed by atoms with E-state index in [-0.39, 0.29) is 0 Å². The molecule has 8 heteroatoms. The highest BCUT2D eigenvalue weighted by Gasteiger charge is 2.29. The molecule has 0 atom stereocenters. The molecule has 2 aliphatic rings. The summed E-state index contributed by atoms with van der Waals surface area (Å²) in [6.07, 6.45) is 6.90. The van der Waals surface area contributed by atoms with E-state index in [9.17, 15) is 13.2 Å². The van der Waals surface area contributed by atoms with E-state index in [0.29, 0.717) is 18.1 Å². The summed E-state index contributed by atoms with van der Waals surface area (Å²) < 4.78 is 33.7. The van der Waals surface area contributed by atoms with Crippen molar-refractivity contribution in [2.75, 3.05) is 6.61 Å². The number of benzene rings is 2. The summed E-state index contributed by atoms with van der Waals surface area (Å²) in [5, 5.41) is 1.15. The SMILES string of the molecule is BS(=O)(=O)NC(=O)c1ccc2c(C3CCCCC3)c3n(c2c1)CCCOc1ccccc1-3. The van der Waals surface area contributed by atoms with E-state index >= 15 is 0 Å². The zero-order valence-electron chi connectivity index (χ0n) is 18.3. The molecule has 1 N–H and O–H groups in total. The van der Waals surface area contributed by atoms with Crippen LogP contribution in [0, 0.1) is 0 Å². The molecule has 0 saturated heterocycles. The fourth-order valence-corrected chi connectivity index (χ4v) is 5.72. The number of amides is 1. The van der Waals surface area contributed by atoms with Crippen molar-refractivity contribution in [3.63, 3.8) is 0 Å². The summed E-state index contributed by atoms with van der Waals surface area (Å²) in [5.74, 6) is 0.757. The summed E-state index contributed by atoms with van der Waals surface area (Å²) in [6, 6.07) is 13.8. The van der Waals surface area contributed by atoms with Crippen LogP contribution in [-0.4, -0.2) is 32.6 Å². The van der Waals surface area contributed by atoms with Crippen molar-refractivity contribution < 1.29 is 17.9 Å². The molecule has 3 aromatic rings. The van der Waals surface area contributed by atoms with Gasteiger partial charge in [0.1, 0.15) is 5.75 Å². The quantitative estimate of drug-likeness (QED) is 0.617. The van der Waals surface area contributed by atoms with Crippen LogP contribution in [0.1, 0.15) is 60.4 Å². The Morgan fingerprint density at radius 1 is 1.06 bits per heavy atom. The Morgan fingerprint density at radius 3 is 2.62 bits per heavy atom. The van der Waals surface area contributed by atoms with Crippen LogP contribution in [0.3, 0.4) is 0 Å². The first-order chi connectivity index (χ1) is 15.4. The molecule has 2 aromatic carbocycles. The third kappa shape index (κ3) is 3.92. The van der Waals surface area contributed by atoms with Gasteiger partial charge in [0.25, 0.3) is 13.0 Å². The summed E-state index contributed by atoms with van der Waals surface area (Å²) in [4.78, 5) is 12.6. The van der Waals surface area contributed by atoms with Gasteiger partial charge in [-0.05, 0) is 55.0 Å². The van der Waals surface area contributed by atoms with E-state index < -0.39 is 15.8 Å². The number of para-hydroxylation sites is 1. The molecule has 6 nitrogen and oxygen atoms in total. The number of nitrogens with zero attached hydrogens (tertiary/aromatic N) is 1. The summed E-state index contributed by atoms with van der Waals surface area (Å²) in [7, 11) is -2.63. The summed E-state index contributed by atoms with van der Waals surface area (Å²) in [6.45, 7) is 1.41. The minimum Gasteiger partial charge on any atom is -0.493 e. The number of ether oxygens (including phenoxy) is 1. The standard InChI is InChI=1S/C24H27BN2O4S/c25-32(29,30)26-24(28)17-11-12-18-20(15-17)27-13-6-14-31-21-10-5-4-9-19(21)23(27)22(18)16-7-2-1-3-8-16/h4-5,9-12,15-16H,1-3,6-8,13-14,25H2,(H,26,28). The van der Waals surface area contributed by atoms with E-state index in [1.54, 1.807) is 6.07 Å². The first kappa shape index (κ1) is 21.1. The smallest absolute Gasteiger partial charge is 0.283 e. The van der Waals surface area contributed by atoms with E-state index in [4.69, 9.17) is 4.74 Å². The molecule has 166 valence electrons. The largest absolute Gasteiger partial charge is 0.493 e. The molecule has 0 unspecified atom stereocenters. The lowest BCUT2D eigenvalue weighted by atomic mass is 9.81. The Morgan fingerprint density at radius 2 is 1.84 bits per heavy atom.